The standard InChI is InChI=1S/C15H19NO/c1-11(2)13-8-7-12-6-4-5-9-16(3)15(17)14(12)10-13/h4-5,7-8,10-11H,6,9H2,1-3H3/b5-4-. The second kappa shape index (κ2) is 4.74. The topological polar surface area (TPSA) is 20.3 Å². The highest BCUT2D eigenvalue weighted by atomic mass is 16.2. The van der Waals surface area contributed by atoms with Gasteiger partial charge in [0.05, 0.1) is 0 Å². The van der Waals surface area contributed by atoms with Gasteiger partial charge in [0.15, 0.2) is 0 Å². The monoisotopic (exact) mass is 229 g/mol. The van der Waals surface area contributed by atoms with Gasteiger partial charge in [-0.3, -0.25) is 4.79 Å². The number of nitrogens with zero attached hydrogens (tertiary/aromatic N) is 1. The molecule has 0 fully saturated rings. The first-order chi connectivity index (χ1) is 8.09. The Bertz CT molecular complexity index is 460. The van der Waals surface area contributed by atoms with Crippen LogP contribution in [-0.4, -0.2) is 24.4 Å². The van der Waals surface area contributed by atoms with Crippen molar-refractivity contribution in [2.75, 3.05) is 13.6 Å². The molecule has 0 radical (unpaired) electrons. The second-order valence-electron chi connectivity index (χ2n) is 4.93. The highest BCUT2D eigenvalue weighted by Gasteiger charge is 2.17. The van der Waals surface area contributed by atoms with Gasteiger partial charge in [-0.15, -0.1) is 0 Å². The molecule has 1 aromatic carbocycles. The van der Waals surface area contributed by atoms with E-state index in [0.717, 1.165) is 17.5 Å². The van der Waals surface area contributed by atoms with E-state index in [-0.39, 0.29) is 5.91 Å². The summed E-state index contributed by atoms with van der Waals surface area (Å²) in [6.07, 6.45) is 5.04. The third-order valence-corrected chi connectivity index (χ3v) is 3.26. The Balaban J connectivity index is 2.48. The summed E-state index contributed by atoms with van der Waals surface area (Å²) in [5.74, 6) is 0.589. The van der Waals surface area contributed by atoms with E-state index in [4.69, 9.17) is 0 Å². The van der Waals surface area contributed by atoms with Crippen molar-refractivity contribution in [2.45, 2.75) is 26.2 Å². The molecule has 0 saturated heterocycles. The van der Waals surface area contributed by atoms with Crippen LogP contribution >= 0.6 is 0 Å². The number of amides is 1. The molecule has 2 rings (SSSR count). The van der Waals surface area contributed by atoms with Crippen LogP contribution in [0.5, 0.6) is 0 Å². The molecule has 2 heteroatoms. The number of rotatable bonds is 1. The third-order valence-electron chi connectivity index (χ3n) is 3.26. The Labute approximate surface area is 103 Å². The first-order valence-electron chi connectivity index (χ1n) is 6.13. The highest BCUT2D eigenvalue weighted by molar-refractivity contribution is 5.96. The van der Waals surface area contributed by atoms with Crippen molar-refractivity contribution in [3.05, 3.63) is 47.0 Å². The molecule has 0 aliphatic carbocycles. The lowest BCUT2D eigenvalue weighted by Crippen LogP contribution is -2.28. The molecule has 0 unspecified atom stereocenters. The van der Waals surface area contributed by atoms with Gasteiger partial charge in [-0.25, -0.2) is 0 Å². The van der Waals surface area contributed by atoms with Gasteiger partial charge < -0.3 is 4.90 Å². The predicted molar refractivity (Wildman–Crippen MR) is 70.3 cm³/mol. The van der Waals surface area contributed by atoms with Crippen LogP contribution < -0.4 is 0 Å². The van der Waals surface area contributed by atoms with Crippen LogP contribution in [0.1, 0.15) is 41.3 Å². The van der Waals surface area contributed by atoms with E-state index in [0.29, 0.717) is 12.5 Å². The lowest BCUT2D eigenvalue weighted by Gasteiger charge is -2.20. The van der Waals surface area contributed by atoms with Gasteiger partial charge in [-0.1, -0.05) is 38.1 Å². The molecule has 0 bridgehead atoms. The van der Waals surface area contributed by atoms with E-state index in [1.807, 2.05) is 7.05 Å². The van der Waals surface area contributed by atoms with Gasteiger partial charge in [0.25, 0.3) is 5.91 Å². The number of hydrogen-bond acceptors (Lipinski definition) is 1. The Kier molecular flexibility index (Phi) is 3.32. The maximum Gasteiger partial charge on any atom is 0.254 e. The van der Waals surface area contributed by atoms with E-state index in [2.05, 4.69) is 44.2 Å². The summed E-state index contributed by atoms with van der Waals surface area (Å²) < 4.78 is 0. The lowest BCUT2D eigenvalue weighted by atomic mass is 9.94. The van der Waals surface area contributed by atoms with Crippen molar-refractivity contribution >= 4 is 5.91 Å². The Hall–Kier alpha value is -1.57. The molecule has 0 atom stereocenters. The normalized spacial score (nSPS) is 17.6. The number of carbonyl (C=O) groups excluding carboxylic acids is 1. The predicted octanol–water partition coefficient (Wildman–Crippen LogP) is 2.99. The number of fused-ring (bicyclic) bond motifs is 1. The smallest absolute Gasteiger partial charge is 0.254 e. The molecule has 90 valence electrons. The Morgan fingerprint density at radius 1 is 1.24 bits per heavy atom. The maximum atomic E-state index is 12.3. The summed E-state index contributed by atoms with van der Waals surface area (Å²) in [5.41, 5.74) is 3.22. The second-order valence-corrected chi connectivity index (χ2v) is 4.93. The van der Waals surface area contributed by atoms with Crippen LogP contribution in [-0.2, 0) is 6.42 Å². The summed E-state index contributed by atoms with van der Waals surface area (Å²) in [7, 11) is 1.85. The van der Waals surface area contributed by atoms with E-state index in [1.165, 1.54) is 5.56 Å². The number of allylic oxidation sites excluding steroid dienone is 1. The van der Waals surface area contributed by atoms with Gasteiger partial charge in [0, 0.05) is 19.2 Å². The average molecular weight is 229 g/mol. The van der Waals surface area contributed by atoms with Crippen LogP contribution in [0.3, 0.4) is 0 Å². The van der Waals surface area contributed by atoms with Crippen LogP contribution in [0.15, 0.2) is 30.4 Å². The molecule has 1 heterocycles. The summed E-state index contributed by atoms with van der Waals surface area (Å²) in [4.78, 5) is 14.0. The zero-order chi connectivity index (χ0) is 12.4. The molecular formula is C15H19NO. The van der Waals surface area contributed by atoms with Crippen molar-refractivity contribution in [3.63, 3.8) is 0 Å². The molecule has 0 spiro atoms. The largest absolute Gasteiger partial charge is 0.338 e. The third kappa shape index (κ3) is 2.41. The minimum atomic E-state index is 0.131. The van der Waals surface area contributed by atoms with Gasteiger partial charge in [0.2, 0.25) is 0 Å². The van der Waals surface area contributed by atoms with Crippen LogP contribution in [0.25, 0.3) is 0 Å². The molecule has 1 aromatic rings. The minimum absolute atomic E-state index is 0.131. The Morgan fingerprint density at radius 2 is 2.00 bits per heavy atom. The summed E-state index contributed by atoms with van der Waals surface area (Å²) in [6, 6.07) is 6.27. The number of benzene rings is 1. The van der Waals surface area contributed by atoms with Crippen LogP contribution in [0.4, 0.5) is 0 Å². The summed E-state index contributed by atoms with van der Waals surface area (Å²) >= 11 is 0. The van der Waals surface area contributed by atoms with Gasteiger partial charge >= 0.3 is 0 Å². The van der Waals surface area contributed by atoms with Crippen LogP contribution in [0.2, 0.25) is 0 Å². The minimum Gasteiger partial charge on any atom is -0.338 e. The number of likely N-dealkylation sites (N-methyl/N-ethyl adjacent to an activating group) is 1. The van der Waals surface area contributed by atoms with Gasteiger partial charge in [0.1, 0.15) is 0 Å². The molecule has 1 aliphatic rings. The van der Waals surface area contributed by atoms with E-state index < -0.39 is 0 Å². The molecule has 1 amide bonds. The van der Waals surface area contributed by atoms with Crippen LogP contribution in [0, 0.1) is 0 Å². The molecule has 17 heavy (non-hydrogen) atoms. The molecule has 0 aromatic heterocycles. The molecule has 0 N–H and O–H groups in total. The average Bonchev–Trinajstić information content (AvgIpc) is 2.31. The fraction of sp³-hybridized carbons (Fsp3) is 0.400. The molecule has 0 saturated carbocycles. The first kappa shape index (κ1) is 11.9. The Morgan fingerprint density at radius 3 is 2.71 bits per heavy atom. The van der Waals surface area contributed by atoms with Gasteiger partial charge in [-0.2, -0.15) is 0 Å². The molecule has 1 aliphatic heterocycles. The quantitative estimate of drug-likeness (QED) is 0.678. The number of carbonyl (C=O) groups is 1. The summed E-state index contributed by atoms with van der Waals surface area (Å²) in [5, 5.41) is 0. The van der Waals surface area contributed by atoms with Crippen molar-refractivity contribution in [1.82, 2.24) is 4.90 Å². The first-order valence-corrected chi connectivity index (χ1v) is 6.13. The van der Waals surface area contributed by atoms with E-state index >= 15 is 0 Å². The van der Waals surface area contributed by atoms with Crippen molar-refractivity contribution in [2.24, 2.45) is 0 Å². The van der Waals surface area contributed by atoms with Crippen molar-refractivity contribution < 1.29 is 4.79 Å². The zero-order valence-electron chi connectivity index (χ0n) is 10.7. The van der Waals surface area contributed by atoms with E-state index in [9.17, 15) is 4.79 Å². The van der Waals surface area contributed by atoms with Crippen molar-refractivity contribution in [3.8, 4) is 0 Å². The summed E-state index contributed by atoms with van der Waals surface area (Å²) in [6.45, 7) is 5.00. The molecular weight excluding hydrogens is 210 g/mol. The SMILES string of the molecule is CC(C)c1ccc2c(c1)C(=O)N(C)C/C=C\C2. The van der Waals surface area contributed by atoms with E-state index in [1.54, 1.807) is 4.90 Å². The number of hydrogen-bond donors (Lipinski definition) is 0. The van der Waals surface area contributed by atoms with Crippen molar-refractivity contribution in [1.29, 1.82) is 0 Å². The van der Waals surface area contributed by atoms with Gasteiger partial charge in [-0.05, 0) is 29.5 Å². The zero-order valence-corrected chi connectivity index (χ0v) is 10.7. The maximum absolute atomic E-state index is 12.3. The highest BCUT2D eigenvalue weighted by Crippen LogP contribution is 2.21. The fourth-order valence-electron chi connectivity index (χ4n) is 2.06. The molecule has 2 nitrogen and oxygen atoms in total. The fourth-order valence-corrected chi connectivity index (χ4v) is 2.06. The lowest BCUT2D eigenvalue weighted by molar-refractivity contribution is 0.0808.